The lowest BCUT2D eigenvalue weighted by Gasteiger charge is -2.18. The summed E-state index contributed by atoms with van der Waals surface area (Å²) in [6.45, 7) is 3.65. The number of hydrogen-bond donors (Lipinski definition) is 0. The highest BCUT2D eigenvalue weighted by molar-refractivity contribution is 5.87. The summed E-state index contributed by atoms with van der Waals surface area (Å²) in [4.78, 5) is 18.0. The largest absolute Gasteiger partial charge is 0.494 e. The van der Waals surface area contributed by atoms with Crippen LogP contribution in [0.1, 0.15) is 19.9 Å². The van der Waals surface area contributed by atoms with Crippen molar-refractivity contribution >= 4 is 10.9 Å². The van der Waals surface area contributed by atoms with Crippen LogP contribution in [0.15, 0.2) is 41.6 Å². The molecule has 0 aliphatic heterocycles. The summed E-state index contributed by atoms with van der Waals surface area (Å²) in [7, 11) is 4.32. The molecule has 0 atom stereocenters. The number of benzene rings is 1. The molecule has 0 bridgehead atoms. The SMILES string of the molecule is COc1cc(OC)c(F)c(-c2cc3cnc(-c4cnn(C)c4)cc3n(C(C)C)c2=O)c1F. The molecule has 0 radical (unpaired) electrons. The number of aryl methyl sites for hydroxylation is 1. The smallest absolute Gasteiger partial charge is 0.259 e. The minimum Gasteiger partial charge on any atom is -0.494 e. The Bertz CT molecular complexity index is 1360. The van der Waals surface area contributed by atoms with Crippen LogP contribution in [0.2, 0.25) is 0 Å². The third-order valence-corrected chi connectivity index (χ3v) is 5.28. The van der Waals surface area contributed by atoms with Gasteiger partial charge in [-0.05, 0) is 26.0 Å². The highest BCUT2D eigenvalue weighted by atomic mass is 19.1. The molecular weight excluding hydrogens is 418 g/mol. The molecule has 4 aromatic rings. The first kappa shape index (κ1) is 21.5. The van der Waals surface area contributed by atoms with Gasteiger partial charge in [0.25, 0.3) is 5.56 Å². The van der Waals surface area contributed by atoms with E-state index < -0.39 is 22.8 Å². The molecule has 166 valence electrons. The molecule has 0 aliphatic carbocycles. The summed E-state index contributed by atoms with van der Waals surface area (Å²) in [5.74, 6) is -2.40. The summed E-state index contributed by atoms with van der Waals surface area (Å²) >= 11 is 0. The van der Waals surface area contributed by atoms with Gasteiger partial charge in [0.15, 0.2) is 23.1 Å². The van der Waals surface area contributed by atoms with Crippen molar-refractivity contribution in [2.75, 3.05) is 14.2 Å². The van der Waals surface area contributed by atoms with E-state index in [9.17, 15) is 4.79 Å². The van der Waals surface area contributed by atoms with E-state index >= 15 is 8.78 Å². The molecule has 4 rings (SSSR count). The molecule has 0 saturated carbocycles. The fourth-order valence-electron chi connectivity index (χ4n) is 3.76. The summed E-state index contributed by atoms with van der Waals surface area (Å²) in [6.07, 6.45) is 5.06. The molecule has 7 nitrogen and oxygen atoms in total. The highest BCUT2D eigenvalue weighted by Crippen LogP contribution is 2.37. The maximum Gasteiger partial charge on any atom is 0.259 e. The van der Waals surface area contributed by atoms with Crippen LogP contribution in [0.3, 0.4) is 0 Å². The lowest BCUT2D eigenvalue weighted by atomic mass is 10.0. The Balaban J connectivity index is 2.05. The lowest BCUT2D eigenvalue weighted by Crippen LogP contribution is -2.24. The van der Waals surface area contributed by atoms with E-state index in [0.29, 0.717) is 16.6 Å². The summed E-state index contributed by atoms with van der Waals surface area (Å²) in [5, 5.41) is 4.71. The van der Waals surface area contributed by atoms with Gasteiger partial charge < -0.3 is 14.0 Å². The Morgan fingerprint density at radius 3 is 2.19 bits per heavy atom. The van der Waals surface area contributed by atoms with E-state index in [1.165, 1.54) is 24.9 Å². The van der Waals surface area contributed by atoms with E-state index in [1.807, 2.05) is 20.0 Å². The number of ether oxygens (including phenoxy) is 2. The Morgan fingerprint density at radius 2 is 1.66 bits per heavy atom. The van der Waals surface area contributed by atoms with Crippen molar-refractivity contribution < 1.29 is 18.3 Å². The second-order valence-electron chi connectivity index (χ2n) is 7.64. The maximum atomic E-state index is 15.1. The fraction of sp³-hybridized carbons (Fsp3) is 0.261. The van der Waals surface area contributed by atoms with Crippen molar-refractivity contribution in [2.45, 2.75) is 19.9 Å². The second kappa shape index (κ2) is 8.07. The number of methoxy groups -OCH3 is 2. The van der Waals surface area contributed by atoms with Gasteiger partial charge >= 0.3 is 0 Å². The van der Waals surface area contributed by atoms with Crippen LogP contribution in [0.5, 0.6) is 11.5 Å². The molecule has 0 spiro atoms. The van der Waals surface area contributed by atoms with Gasteiger partial charge in [-0.1, -0.05) is 0 Å². The molecule has 0 fully saturated rings. The van der Waals surface area contributed by atoms with Gasteiger partial charge in [-0.2, -0.15) is 5.10 Å². The Morgan fingerprint density at radius 1 is 1.00 bits per heavy atom. The predicted molar refractivity (Wildman–Crippen MR) is 117 cm³/mol. The van der Waals surface area contributed by atoms with Gasteiger partial charge in [-0.15, -0.1) is 0 Å². The van der Waals surface area contributed by atoms with Crippen molar-refractivity contribution in [3.63, 3.8) is 0 Å². The van der Waals surface area contributed by atoms with Crippen molar-refractivity contribution in [2.24, 2.45) is 7.05 Å². The first-order chi connectivity index (χ1) is 15.3. The molecule has 0 amide bonds. The predicted octanol–water partition coefficient (Wildman–Crippen LogP) is 4.34. The molecule has 32 heavy (non-hydrogen) atoms. The first-order valence-corrected chi connectivity index (χ1v) is 9.91. The van der Waals surface area contributed by atoms with Crippen LogP contribution in [0.4, 0.5) is 8.78 Å². The Kier molecular flexibility index (Phi) is 5.41. The van der Waals surface area contributed by atoms with Gasteiger partial charge in [0.1, 0.15) is 0 Å². The molecule has 0 saturated heterocycles. The minimum atomic E-state index is -0.975. The number of hydrogen-bond acceptors (Lipinski definition) is 5. The van der Waals surface area contributed by atoms with Crippen LogP contribution >= 0.6 is 0 Å². The quantitative estimate of drug-likeness (QED) is 0.462. The zero-order chi connectivity index (χ0) is 23.2. The lowest BCUT2D eigenvalue weighted by molar-refractivity contribution is 0.359. The molecule has 3 aromatic heterocycles. The van der Waals surface area contributed by atoms with E-state index in [2.05, 4.69) is 10.1 Å². The Labute approximate surface area is 182 Å². The monoisotopic (exact) mass is 440 g/mol. The van der Waals surface area contributed by atoms with Crippen LogP contribution in [-0.4, -0.2) is 33.6 Å². The van der Waals surface area contributed by atoms with Gasteiger partial charge in [0.05, 0.1) is 42.8 Å². The number of halogens is 2. The number of pyridine rings is 2. The summed E-state index contributed by atoms with van der Waals surface area (Å²) in [6, 6.07) is 4.04. The average Bonchev–Trinajstić information content (AvgIpc) is 3.20. The van der Waals surface area contributed by atoms with Crippen LogP contribution in [0, 0.1) is 11.6 Å². The molecule has 3 heterocycles. The van der Waals surface area contributed by atoms with E-state index in [0.717, 1.165) is 11.6 Å². The van der Waals surface area contributed by atoms with Crippen molar-refractivity contribution in [1.29, 1.82) is 0 Å². The first-order valence-electron chi connectivity index (χ1n) is 9.91. The summed E-state index contributed by atoms with van der Waals surface area (Å²) in [5.41, 5.74) is 0.832. The molecule has 1 aromatic carbocycles. The van der Waals surface area contributed by atoms with Crippen LogP contribution < -0.4 is 15.0 Å². The van der Waals surface area contributed by atoms with Gasteiger partial charge in [-0.3, -0.25) is 14.5 Å². The standard InChI is InChI=1S/C23H22F2N4O3/c1-12(2)29-17-7-16(14-10-27-28(3)11-14)26-9-13(17)6-15(23(29)30)20-21(24)18(31-4)8-19(32-5)22(20)25/h6-12H,1-5H3. The third-order valence-electron chi connectivity index (χ3n) is 5.28. The van der Waals surface area contributed by atoms with Gasteiger partial charge in [0, 0.05) is 42.5 Å². The van der Waals surface area contributed by atoms with E-state index in [-0.39, 0.29) is 23.1 Å². The van der Waals surface area contributed by atoms with E-state index in [4.69, 9.17) is 9.47 Å². The fourth-order valence-corrected chi connectivity index (χ4v) is 3.76. The number of nitrogens with zero attached hydrogens (tertiary/aromatic N) is 4. The average molecular weight is 440 g/mol. The Hall–Kier alpha value is -3.75. The second-order valence-corrected chi connectivity index (χ2v) is 7.64. The van der Waals surface area contributed by atoms with E-state index in [1.54, 1.807) is 30.2 Å². The van der Waals surface area contributed by atoms with Gasteiger partial charge in [-0.25, -0.2) is 8.78 Å². The zero-order valence-electron chi connectivity index (χ0n) is 18.3. The van der Waals surface area contributed by atoms with Gasteiger partial charge in [0.2, 0.25) is 0 Å². The zero-order valence-corrected chi connectivity index (χ0v) is 18.3. The number of rotatable bonds is 5. The van der Waals surface area contributed by atoms with Crippen LogP contribution in [-0.2, 0) is 7.05 Å². The number of fused-ring (bicyclic) bond motifs is 1. The molecular formula is C23H22F2N4O3. The topological polar surface area (TPSA) is 71.2 Å². The van der Waals surface area contributed by atoms with Crippen molar-refractivity contribution in [3.05, 3.63) is 58.8 Å². The molecule has 0 N–H and O–H groups in total. The van der Waals surface area contributed by atoms with Crippen molar-refractivity contribution in [1.82, 2.24) is 19.3 Å². The summed E-state index contributed by atoms with van der Waals surface area (Å²) < 4.78 is 43.5. The minimum absolute atomic E-state index is 0.144. The number of aromatic nitrogens is 4. The van der Waals surface area contributed by atoms with Crippen LogP contribution in [0.25, 0.3) is 33.3 Å². The molecule has 0 aliphatic rings. The maximum absolute atomic E-state index is 15.1. The molecule has 9 heteroatoms. The molecule has 0 unspecified atom stereocenters. The van der Waals surface area contributed by atoms with Crippen molar-refractivity contribution in [3.8, 4) is 33.9 Å². The normalized spacial score (nSPS) is 11.4. The highest BCUT2D eigenvalue weighted by Gasteiger charge is 2.25. The third kappa shape index (κ3) is 3.39.